The van der Waals surface area contributed by atoms with Gasteiger partial charge in [0, 0.05) is 0 Å². The molecule has 0 saturated heterocycles. The zero-order valence-electron chi connectivity index (χ0n) is 10.4. The Morgan fingerprint density at radius 1 is 1.31 bits per heavy atom. The van der Waals surface area contributed by atoms with E-state index < -0.39 is 23.8 Å². The summed E-state index contributed by atoms with van der Waals surface area (Å²) < 4.78 is 9.29. The molecule has 0 aliphatic rings. The predicted octanol–water partition coefficient (Wildman–Crippen LogP) is 1.98. The highest BCUT2D eigenvalue weighted by Gasteiger charge is 2.23. The van der Waals surface area contributed by atoms with Crippen LogP contribution in [0.2, 0.25) is 0 Å². The number of unbranched alkanes of at least 4 members (excludes halogenated alkanes) is 1. The number of nitrogens with two attached hydrogens (primary N) is 1. The molecule has 0 aromatic heterocycles. The minimum Gasteiger partial charge on any atom is -0.428 e. The minimum absolute atomic E-state index is 0.512. The second kappa shape index (κ2) is 6.48. The molecule has 0 rings (SSSR count). The number of carbonyl (C=O) groups is 2. The van der Waals surface area contributed by atoms with Gasteiger partial charge in [0.1, 0.15) is 11.6 Å². The fraction of sp³-hybridized carbons (Fsp3) is 0.818. The van der Waals surface area contributed by atoms with E-state index in [4.69, 9.17) is 10.5 Å². The normalized spacial score (nSPS) is 13.1. The molecule has 0 aliphatic heterocycles. The number of ether oxygens (including phenoxy) is 2. The maximum absolute atomic E-state index is 11.3. The number of esters is 1. The van der Waals surface area contributed by atoms with Crippen LogP contribution in [0, 0.1) is 0 Å². The van der Waals surface area contributed by atoms with Crippen molar-refractivity contribution in [1.82, 2.24) is 0 Å². The fourth-order valence-corrected chi connectivity index (χ4v) is 0.971. The van der Waals surface area contributed by atoms with Crippen molar-refractivity contribution in [1.29, 1.82) is 0 Å². The van der Waals surface area contributed by atoms with Crippen molar-refractivity contribution in [3.63, 3.8) is 0 Å². The van der Waals surface area contributed by atoms with Gasteiger partial charge in [0.05, 0.1) is 0 Å². The van der Waals surface area contributed by atoms with Crippen molar-refractivity contribution in [2.75, 3.05) is 0 Å². The first-order chi connectivity index (χ1) is 7.26. The van der Waals surface area contributed by atoms with Gasteiger partial charge in [-0.1, -0.05) is 19.8 Å². The Morgan fingerprint density at radius 3 is 2.31 bits per heavy atom. The van der Waals surface area contributed by atoms with Crippen LogP contribution in [0.1, 0.15) is 47.0 Å². The summed E-state index contributed by atoms with van der Waals surface area (Å²) in [5.74, 6) is -0.734. The van der Waals surface area contributed by atoms with Gasteiger partial charge in [-0.25, -0.2) is 9.59 Å². The topological polar surface area (TPSA) is 78.6 Å². The smallest absolute Gasteiger partial charge is 0.428 e. The Kier molecular flexibility index (Phi) is 6.03. The molecule has 0 saturated carbocycles. The SMILES string of the molecule is CCCC[C@H](N)C(=O)OC(=O)OC(C)(C)C. The average molecular weight is 231 g/mol. The van der Waals surface area contributed by atoms with Gasteiger partial charge in [0.2, 0.25) is 0 Å². The first kappa shape index (κ1) is 14.9. The van der Waals surface area contributed by atoms with Crippen molar-refractivity contribution in [2.24, 2.45) is 5.73 Å². The third-order valence-electron chi connectivity index (χ3n) is 1.74. The van der Waals surface area contributed by atoms with E-state index >= 15 is 0 Å². The molecule has 0 unspecified atom stereocenters. The standard InChI is InChI=1S/C11H21NO4/c1-5-6-7-8(12)9(13)15-10(14)16-11(2,3)4/h8H,5-7,12H2,1-4H3/t8-/m0/s1. The second-order valence-corrected chi connectivity index (χ2v) is 4.63. The maximum atomic E-state index is 11.3. The molecule has 1 atom stereocenters. The number of rotatable bonds is 4. The largest absolute Gasteiger partial charge is 0.516 e. The third kappa shape index (κ3) is 7.23. The van der Waals surface area contributed by atoms with Crippen molar-refractivity contribution >= 4 is 12.1 Å². The van der Waals surface area contributed by atoms with Crippen LogP contribution in [0.5, 0.6) is 0 Å². The molecule has 0 spiro atoms. The van der Waals surface area contributed by atoms with E-state index in [1.54, 1.807) is 20.8 Å². The Balaban J connectivity index is 3.99. The molecule has 0 aromatic rings. The molecule has 5 nitrogen and oxygen atoms in total. The van der Waals surface area contributed by atoms with Crippen molar-refractivity contribution in [2.45, 2.75) is 58.6 Å². The number of hydrogen-bond acceptors (Lipinski definition) is 5. The van der Waals surface area contributed by atoms with Crippen LogP contribution in [0.15, 0.2) is 0 Å². The fourth-order valence-electron chi connectivity index (χ4n) is 0.971. The molecule has 0 heterocycles. The zero-order valence-corrected chi connectivity index (χ0v) is 10.4. The van der Waals surface area contributed by atoms with Crippen LogP contribution in [-0.2, 0) is 14.3 Å². The van der Waals surface area contributed by atoms with E-state index in [1.165, 1.54) is 0 Å². The second-order valence-electron chi connectivity index (χ2n) is 4.63. The van der Waals surface area contributed by atoms with Gasteiger partial charge in [-0.05, 0) is 27.2 Å². The maximum Gasteiger partial charge on any atom is 0.516 e. The lowest BCUT2D eigenvalue weighted by Crippen LogP contribution is -2.35. The molecule has 94 valence electrons. The molecule has 2 N–H and O–H groups in total. The van der Waals surface area contributed by atoms with E-state index in [9.17, 15) is 9.59 Å². The molecule has 16 heavy (non-hydrogen) atoms. The Hall–Kier alpha value is -1.10. The average Bonchev–Trinajstić information content (AvgIpc) is 2.10. The van der Waals surface area contributed by atoms with Gasteiger partial charge in [-0.15, -0.1) is 0 Å². The summed E-state index contributed by atoms with van der Waals surface area (Å²) >= 11 is 0. The summed E-state index contributed by atoms with van der Waals surface area (Å²) in [4.78, 5) is 22.4. The first-order valence-electron chi connectivity index (χ1n) is 5.46. The summed E-state index contributed by atoms with van der Waals surface area (Å²) in [5.41, 5.74) is 4.86. The minimum atomic E-state index is -0.996. The van der Waals surface area contributed by atoms with Crippen molar-refractivity contribution in [3.05, 3.63) is 0 Å². The van der Waals surface area contributed by atoms with Crippen LogP contribution in [0.25, 0.3) is 0 Å². The highest BCUT2D eigenvalue weighted by atomic mass is 16.7. The van der Waals surface area contributed by atoms with Crippen LogP contribution >= 0.6 is 0 Å². The van der Waals surface area contributed by atoms with Gasteiger partial charge in [-0.3, -0.25) is 0 Å². The lowest BCUT2D eigenvalue weighted by Gasteiger charge is -2.18. The summed E-state index contributed by atoms with van der Waals surface area (Å²) in [7, 11) is 0. The zero-order chi connectivity index (χ0) is 12.8. The Morgan fingerprint density at radius 2 is 1.88 bits per heavy atom. The van der Waals surface area contributed by atoms with E-state index in [-0.39, 0.29) is 0 Å². The highest BCUT2D eigenvalue weighted by Crippen LogP contribution is 2.09. The lowest BCUT2D eigenvalue weighted by molar-refractivity contribution is -0.143. The molecule has 0 amide bonds. The Bertz CT molecular complexity index is 245. The van der Waals surface area contributed by atoms with Crippen molar-refractivity contribution < 1.29 is 19.1 Å². The molecule has 0 bridgehead atoms. The van der Waals surface area contributed by atoms with Gasteiger partial charge < -0.3 is 15.2 Å². The molecular formula is C11H21NO4. The van der Waals surface area contributed by atoms with E-state index in [2.05, 4.69) is 4.74 Å². The van der Waals surface area contributed by atoms with E-state index in [1.807, 2.05) is 6.92 Å². The Labute approximate surface area is 96.3 Å². The van der Waals surface area contributed by atoms with Gasteiger partial charge in [0.25, 0.3) is 0 Å². The molecular weight excluding hydrogens is 210 g/mol. The summed E-state index contributed by atoms with van der Waals surface area (Å²) in [6.07, 6.45) is 1.28. The van der Waals surface area contributed by atoms with Crippen molar-refractivity contribution in [3.8, 4) is 0 Å². The van der Waals surface area contributed by atoms with Gasteiger partial charge in [-0.2, -0.15) is 0 Å². The van der Waals surface area contributed by atoms with E-state index in [0.29, 0.717) is 6.42 Å². The molecule has 0 aliphatic carbocycles. The molecule has 0 radical (unpaired) electrons. The van der Waals surface area contributed by atoms with E-state index in [0.717, 1.165) is 12.8 Å². The van der Waals surface area contributed by atoms with Gasteiger partial charge >= 0.3 is 12.1 Å². The molecule has 5 heteroatoms. The highest BCUT2D eigenvalue weighted by molar-refractivity contribution is 5.85. The summed E-state index contributed by atoms with van der Waals surface area (Å²) in [6, 6.07) is -0.757. The first-order valence-corrected chi connectivity index (χ1v) is 5.46. The van der Waals surface area contributed by atoms with Crippen LogP contribution < -0.4 is 5.73 Å². The molecule has 0 aromatic carbocycles. The number of carbonyl (C=O) groups excluding carboxylic acids is 2. The van der Waals surface area contributed by atoms with Crippen LogP contribution in [-0.4, -0.2) is 23.8 Å². The lowest BCUT2D eigenvalue weighted by atomic mass is 10.1. The predicted molar refractivity (Wildman–Crippen MR) is 59.8 cm³/mol. The van der Waals surface area contributed by atoms with Gasteiger partial charge in [0.15, 0.2) is 0 Å². The monoisotopic (exact) mass is 231 g/mol. The van der Waals surface area contributed by atoms with Crippen LogP contribution in [0.3, 0.4) is 0 Å². The number of hydrogen-bond donors (Lipinski definition) is 1. The summed E-state index contributed by atoms with van der Waals surface area (Å²) in [5, 5.41) is 0. The molecule has 0 fully saturated rings. The third-order valence-corrected chi connectivity index (χ3v) is 1.74. The summed E-state index contributed by atoms with van der Waals surface area (Å²) in [6.45, 7) is 7.06. The quantitative estimate of drug-likeness (QED) is 0.591. The van der Waals surface area contributed by atoms with Crippen LogP contribution in [0.4, 0.5) is 4.79 Å².